The molecule has 3 unspecified atom stereocenters. The summed E-state index contributed by atoms with van der Waals surface area (Å²) < 4.78 is 24.0. The summed E-state index contributed by atoms with van der Waals surface area (Å²) in [6.07, 6.45) is -0.264. The molecule has 3 atom stereocenters. The Balaban J connectivity index is 2.09. The molecule has 0 radical (unpaired) electrons. The number of ether oxygens (including phenoxy) is 1. The Hall–Kier alpha value is -0.890. The van der Waals surface area contributed by atoms with Gasteiger partial charge in [-0.2, -0.15) is 0 Å². The summed E-state index contributed by atoms with van der Waals surface area (Å²) >= 11 is 3.33. The van der Waals surface area contributed by atoms with E-state index in [1.54, 1.807) is 24.3 Å². The molecule has 5 nitrogen and oxygen atoms in total. The van der Waals surface area contributed by atoms with Crippen LogP contribution in [0.4, 0.5) is 0 Å². The Bertz CT molecular complexity index is 648. The SMILES string of the molecule is COC(=O)C1NCC2OS(=O)(c3ccc(Br)cc3)=C21. The number of fused-ring (bicyclic) bond motifs is 1. The molecule has 2 aliphatic heterocycles. The van der Waals surface area contributed by atoms with E-state index in [9.17, 15) is 9.00 Å². The first-order valence-corrected chi connectivity index (χ1v) is 8.00. The highest BCUT2D eigenvalue weighted by molar-refractivity contribution is 9.10. The maximum atomic E-state index is 12.9. The second kappa shape index (κ2) is 4.59. The van der Waals surface area contributed by atoms with Gasteiger partial charge in [0.25, 0.3) is 0 Å². The van der Waals surface area contributed by atoms with E-state index < -0.39 is 21.8 Å². The molecule has 1 aromatic rings. The van der Waals surface area contributed by atoms with Gasteiger partial charge in [-0.05, 0) is 24.3 Å². The van der Waals surface area contributed by atoms with E-state index in [-0.39, 0.29) is 6.10 Å². The van der Waals surface area contributed by atoms with Crippen molar-refractivity contribution in [3.05, 3.63) is 28.7 Å². The van der Waals surface area contributed by atoms with Gasteiger partial charge in [0.1, 0.15) is 21.9 Å². The highest BCUT2D eigenvalue weighted by Gasteiger charge is 2.50. The highest BCUT2D eigenvalue weighted by atomic mass is 79.9. The molecule has 0 bridgehead atoms. The number of carbonyl (C=O) groups is 1. The zero-order valence-corrected chi connectivity index (χ0v) is 12.5. The Morgan fingerprint density at radius 2 is 2.16 bits per heavy atom. The van der Waals surface area contributed by atoms with Crippen LogP contribution in [0.25, 0.3) is 0 Å². The summed E-state index contributed by atoms with van der Waals surface area (Å²) in [5.41, 5.74) is 0. The third-order valence-electron chi connectivity index (χ3n) is 3.23. The van der Waals surface area contributed by atoms with Gasteiger partial charge in [-0.15, -0.1) is 0 Å². The molecule has 1 aromatic carbocycles. The van der Waals surface area contributed by atoms with Crippen molar-refractivity contribution in [2.75, 3.05) is 13.7 Å². The van der Waals surface area contributed by atoms with Crippen LogP contribution in [0.5, 0.6) is 0 Å². The number of rotatable bonds is 2. The van der Waals surface area contributed by atoms with Crippen LogP contribution in [-0.4, -0.2) is 40.8 Å². The van der Waals surface area contributed by atoms with Crippen LogP contribution in [-0.2, 0) is 23.5 Å². The van der Waals surface area contributed by atoms with Crippen LogP contribution in [0.1, 0.15) is 0 Å². The van der Waals surface area contributed by atoms with Gasteiger partial charge in [0.05, 0.1) is 16.9 Å². The summed E-state index contributed by atoms with van der Waals surface area (Å²) in [6, 6.07) is 6.44. The predicted molar refractivity (Wildman–Crippen MR) is 74.2 cm³/mol. The highest BCUT2D eigenvalue weighted by Crippen LogP contribution is 2.32. The Kier molecular flexibility index (Phi) is 3.17. The fourth-order valence-electron chi connectivity index (χ4n) is 2.32. The number of hydrogen-bond donors (Lipinski definition) is 1. The first-order chi connectivity index (χ1) is 9.06. The average molecular weight is 346 g/mol. The van der Waals surface area contributed by atoms with E-state index in [1.807, 2.05) is 0 Å². The number of halogens is 1. The van der Waals surface area contributed by atoms with Gasteiger partial charge in [0, 0.05) is 11.0 Å². The van der Waals surface area contributed by atoms with Crippen molar-refractivity contribution < 1.29 is 17.9 Å². The molecule has 1 saturated heterocycles. The Morgan fingerprint density at radius 1 is 1.47 bits per heavy atom. The molecule has 19 heavy (non-hydrogen) atoms. The van der Waals surface area contributed by atoms with Crippen LogP contribution in [0.2, 0.25) is 0 Å². The summed E-state index contributed by atoms with van der Waals surface area (Å²) in [4.78, 5) is 12.9. The maximum Gasteiger partial charge on any atom is 0.327 e. The maximum absolute atomic E-state index is 12.9. The molecule has 102 valence electrons. The molecule has 3 rings (SSSR count). The molecule has 2 aliphatic rings. The molecule has 2 heterocycles. The summed E-state index contributed by atoms with van der Waals surface area (Å²) in [7, 11) is -1.42. The Labute approximate surface area is 119 Å². The minimum Gasteiger partial charge on any atom is -0.468 e. The fraction of sp³-hybridized carbons (Fsp3) is 0.333. The molecule has 0 spiro atoms. The standard InChI is InChI=1S/C12H12BrNO4S/c1-17-12(15)10-11-9(6-14-10)18-19(11,16)8-4-2-7(13)3-5-8/h2-5,9-10,14H,6H2,1H3. The van der Waals surface area contributed by atoms with Gasteiger partial charge in [-0.1, -0.05) is 15.9 Å². The van der Waals surface area contributed by atoms with Crippen molar-refractivity contribution in [2.24, 2.45) is 0 Å². The van der Waals surface area contributed by atoms with E-state index in [0.29, 0.717) is 16.3 Å². The molecule has 0 aliphatic carbocycles. The van der Waals surface area contributed by atoms with Gasteiger partial charge < -0.3 is 4.74 Å². The van der Waals surface area contributed by atoms with E-state index in [4.69, 9.17) is 8.92 Å². The van der Waals surface area contributed by atoms with Crippen molar-refractivity contribution in [3.63, 3.8) is 0 Å². The van der Waals surface area contributed by atoms with Crippen molar-refractivity contribution in [1.29, 1.82) is 0 Å². The zero-order valence-electron chi connectivity index (χ0n) is 10.1. The number of carbonyl (C=O) groups excluding carboxylic acids is 1. The van der Waals surface area contributed by atoms with Gasteiger partial charge >= 0.3 is 5.97 Å². The molecule has 7 heteroatoms. The van der Waals surface area contributed by atoms with E-state index in [2.05, 4.69) is 21.2 Å². The van der Waals surface area contributed by atoms with Crippen molar-refractivity contribution in [1.82, 2.24) is 5.32 Å². The quantitative estimate of drug-likeness (QED) is 0.632. The smallest absolute Gasteiger partial charge is 0.327 e. The average Bonchev–Trinajstić information content (AvgIpc) is 2.76. The van der Waals surface area contributed by atoms with Crippen molar-refractivity contribution in [3.8, 4) is 0 Å². The van der Waals surface area contributed by atoms with Crippen LogP contribution in [0.15, 0.2) is 33.6 Å². The lowest BCUT2D eigenvalue weighted by Gasteiger charge is -2.31. The van der Waals surface area contributed by atoms with Crippen LogP contribution in [0.3, 0.4) is 0 Å². The largest absolute Gasteiger partial charge is 0.468 e. The molecule has 0 saturated carbocycles. The normalized spacial score (nSPS) is 32.6. The monoisotopic (exact) mass is 345 g/mol. The zero-order chi connectivity index (χ0) is 13.6. The number of hydrogen-bond acceptors (Lipinski definition) is 5. The van der Waals surface area contributed by atoms with Crippen molar-refractivity contribution in [2.45, 2.75) is 17.0 Å². The fourth-order valence-corrected chi connectivity index (χ4v) is 4.90. The van der Waals surface area contributed by atoms with Gasteiger partial charge in [0.15, 0.2) is 0 Å². The number of nitrogens with one attached hydrogen (secondary N) is 1. The van der Waals surface area contributed by atoms with E-state index >= 15 is 0 Å². The van der Waals surface area contributed by atoms with E-state index in [1.165, 1.54) is 7.11 Å². The number of esters is 1. The molecule has 1 fully saturated rings. The summed E-state index contributed by atoms with van der Waals surface area (Å²) in [5, 5.41) is 2.98. The van der Waals surface area contributed by atoms with Crippen LogP contribution < -0.4 is 5.32 Å². The Morgan fingerprint density at radius 3 is 2.79 bits per heavy atom. The third-order valence-corrected chi connectivity index (χ3v) is 6.28. The van der Waals surface area contributed by atoms with Crippen molar-refractivity contribution >= 4 is 36.6 Å². The van der Waals surface area contributed by atoms with Crippen LogP contribution >= 0.6 is 15.9 Å². The minimum absolute atomic E-state index is 0.264. The first-order valence-electron chi connectivity index (χ1n) is 5.72. The van der Waals surface area contributed by atoms with Gasteiger partial charge in [0.2, 0.25) is 0 Å². The molecule has 0 aromatic heterocycles. The van der Waals surface area contributed by atoms with E-state index in [0.717, 1.165) is 4.47 Å². The lowest BCUT2D eigenvalue weighted by atomic mass is 10.2. The van der Waals surface area contributed by atoms with Gasteiger partial charge in [-0.25, -0.2) is 9.00 Å². The summed E-state index contributed by atoms with van der Waals surface area (Å²) in [5.74, 6) is -0.425. The number of methoxy groups -OCH3 is 1. The second-order valence-electron chi connectivity index (χ2n) is 4.31. The molecular weight excluding hydrogens is 334 g/mol. The first kappa shape index (κ1) is 13.1. The topological polar surface area (TPSA) is 64.6 Å². The number of benzene rings is 1. The second-order valence-corrected chi connectivity index (χ2v) is 7.37. The predicted octanol–water partition coefficient (Wildman–Crippen LogP) is 0.723. The molecule has 0 amide bonds. The lowest BCUT2D eigenvalue weighted by Crippen LogP contribution is -2.48. The summed E-state index contributed by atoms with van der Waals surface area (Å²) in [6.45, 7) is 0.489. The van der Waals surface area contributed by atoms with Crippen LogP contribution in [0, 0.1) is 0 Å². The van der Waals surface area contributed by atoms with Gasteiger partial charge in [-0.3, -0.25) is 9.50 Å². The molecule has 1 N–H and O–H groups in total. The molecular formula is C12H12BrNO4S. The third kappa shape index (κ3) is 1.92. The lowest BCUT2D eigenvalue weighted by molar-refractivity contribution is -0.140. The minimum atomic E-state index is -2.73.